The number of aromatic amines is 1. The Hall–Kier alpha value is -4.21. The number of pyridine rings is 1. The molecule has 0 aliphatic carbocycles. The van der Waals surface area contributed by atoms with Gasteiger partial charge in [-0.1, -0.05) is 12.1 Å². The second-order valence-corrected chi connectivity index (χ2v) is 4.86. The Morgan fingerprint density at radius 3 is 1.52 bits per heavy atom. The zero-order valence-corrected chi connectivity index (χ0v) is 13.9. The van der Waals surface area contributed by atoms with Gasteiger partial charge in [0.1, 0.15) is 5.75 Å². The molecule has 0 atom stereocenters. The van der Waals surface area contributed by atoms with E-state index in [0.29, 0.717) is 0 Å². The molecular formula is C17H16N4O6. The standard InChI is InChI=1S/2C6H5NO3.C5H6N2/c2*8-6-3-1-5(2-4-6)7(9)10;6-5-1-3-7-4-2-5/h2*1-4,8H;1-4H,(H2,6,7). The van der Waals surface area contributed by atoms with Crippen LogP contribution >= 0.6 is 0 Å². The van der Waals surface area contributed by atoms with E-state index in [-0.39, 0.29) is 22.9 Å². The summed E-state index contributed by atoms with van der Waals surface area (Å²) < 4.78 is 0. The second kappa shape index (κ2) is 10.6. The molecule has 10 heteroatoms. The number of nitro groups is 2. The summed E-state index contributed by atoms with van der Waals surface area (Å²) in [7, 11) is 0. The number of phenolic OH excluding ortho intramolecular Hbond substituents is 1. The van der Waals surface area contributed by atoms with E-state index < -0.39 is 9.85 Å². The average Bonchev–Trinajstić information content (AvgIpc) is 2.64. The Morgan fingerprint density at radius 1 is 0.778 bits per heavy atom. The smallest absolute Gasteiger partial charge is 0.269 e. The monoisotopic (exact) mass is 372 g/mol. The van der Waals surface area contributed by atoms with Crippen LogP contribution in [0.3, 0.4) is 0 Å². The molecule has 0 amide bonds. The molecule has 0 saturated carbocycles. The van der Waals surface area contributed by atoms with Crippen LogP contribution in [-0.4, -0.2) is 15.0 Å². The molecule has 27 heavy (non-hydrogen) atoms. The molecule has 0 aliphatic rings. The summed E-state index contributed by atoms with van der Waals surface area (Å²) in [5.74, 6) is -0.184. The van der Waals surface area contributed by atoms with Crippen molar-refractivity contribution in [1.29, 1.82) is 0 Å². The average molecular weight is 372 g/mol. The van der Waals surface area contributed by atoms with Crippen LogP contribution in [0.25, 0.3) is 0 Å². The first-order valence-electron chi connectivity index (χ1n) is 7.36. The number of hydrogen-bond donors (Lipinski definition) is 2. The van der Waals surface area contributed by atoms with Gasteiger partial charge in [-0.05, 0) is 12.1 Å². The lowest BCUT2D eigenvalue weighted by atomic mass is 10.3. The van der Waals surface area contributed by atoms with Crippen LogP contribution in [0.5, 0.6) is 11.5 Å². The first-order valence-corrected chi connectivity index (χ1v) is 7.36. The molecule has 2 aromatic carbocycles. The summed E-state index contributed by atoms with van der Waals surface area (Å²) in [5.41, 5.74) is 6.06. The van der Waals surface area contributed by atoms with E-state index >= 15 is 0 Å². The van der Waals surface area contributed by atoms with E-state index in [0.717, 1.165) is 17.8 Å². The van der Waals surface area contributed by atoms with Crippen LogP contribution < -0.4 is 15.8 Å². The second-order valence-electron chi connectivity index (χ2n) is 4.86. The molecule has 0 radical (unpaired) electrons. The van der Waals surface area contributed by atoms with E-state index in [1.54, 1.807) is 24.5 Å². The van der Waals surface area contributed by atoms with Crippen molar-refractivity contribution in [3.63, 3.8) is 0 Å². The third-order valence-electron chi connectivity index (χ3n) is 2.85. The fourth-order valence-electron chi connectivity index (χ4n) is 1.54. The van der Waals surface area contributed by atoms with Gasteiger partial charge in [0.05, 0.1) is 9.85 Å². The van der Waals surface area contributed by atoms with Crippen LogP contribution in [0, 0.1) is 20.2 Å². The van der Waals surface area contributed by atoms with Crippen molar-refractivity contribution in [3.8, 4) is 11.5 Å². The molecule has 0 bridgehead atoms. The summed E-state index contributed by atoms with van der Waals surface area (Å²) in [4.78, 5) is 21.8. The molecule has 0 aliphatic heterocycles. The number of nitrogens with two attached hydrogens (primary N) is 1. The number of nitrogens with zero attached hydrogens (tertiary/aromatic N) is 2. The maximum atomic E-state index is 10.4. The fourth-order valence-corrected chi connectivity index (χ4v) is 1.54. The highest BCUT2D eigenvalue weighted by molar-refractivity contribution is 5.35. The SMILES string of the molecule is Nc1cc[nH+]cc1.O=[N+]([O-])c1ccc(O)cc1.O=[N+]([O-])c1ccc([O-])cc1. The van der Waals surface area contributed by atoms with Crippen LogP contribution in [0.1, 0.15) is 0 Å². The number of non-ortho nitro benzene ring substituents is 2. The van der Waals surface area contributed by atoms with Crippen LogP contribution in [0.15, 0.2) is 73.1 Å². The molecule has 0 unspecified atom stereocenters. The van der Waals surface area contributed by atoms with Crippen molar-refractivity contribution in [3.05, 3.63) is 93.3 Å². The lowest BCUT2D eigenvalue weighted by Crippen LogP contribution is -1.97. The van der Waals surface area contributed by atoms with Crippen LogP contribution in [-0.2, 0) is 0 Å². The van der Waals surface area contributed by atoms with Crippen LogP contribution in [0.4, 0.5) is 17.1 Å². The van der Waals surface area contributed by atoms with Gasteiger partial charge in [0.25, 0.3) is 11.4 Å². The molecule has 0 spiro atoms. The van der Waals surface area contributed by atoms with Crippen molar-refractivity contribution in [2.24, 2.45) is 0 Å². The highest BCUT2D eigenvalue weighted by Crippen LogP contribution is 2.15. The van der Waals surface area contributed by atoms with Crippen molar-refractivity contribution in [2.75, 3.05) is 5.73 Å². The van der Waals surface area contributed by atoms with Gasteiger partial charge >= 0.3 is 0 Å². The normalized spacial score (nSPS) is 9.04. The van der Waals surface area contributed by atoms with E-state index in [1.165, 1.54) is 36.4 Å². The zero-order valence-electron chi connectivity index (χ0n) is 13.9. The van der Waals surface area contributed by atoms with E-state index in [4.69, 9.17) is 10.8 Å². The number of hydrogen-bond acceptors (Lipinski definition) is 7. The highest BCUT2D eigenvalue weighted by atomic mass is 16.6. The number of phenols is 1. The maximum Gasteiger partial charge on any atom is 0.269 e. The Balaban J connectivity index is 0.000000206. The molecule has 10 nitrogen and oxygen atoms in total. The minimum absolute atomic E-state index is 0.0159. The Morgan fingerprint density at radius 2 is 1.19 bits per heavy atom. The molecule has 1 heterocycles. The zero-order chi connectivity index (χ0) is 20.2. The molecule has 0 saturated heterocycles. The first kappa shape index (κ1) is 20.8. The number of aromatic nitrogens is 1. The van der Waals surface area contributed by atoms with Crippen molar-refractivity contribution >= 4 is 17.1 Å². The molecule has 3 aromatic rings. The van der Waals surface area contributed by atoms with E-state index in [1.807, 2.05) is 0 Å². The molecule has 140 valence electrons. The third kappa shape index (κ3) is 8.44. The Kier molecular flexibility index (Phi) is 8.19. The van der Waals surface area contributed by atoms with Crippen LogP contribution in [0.2, 0.25) is 0 Å². The number of nitro benzene ring substituents is 2. The number of aromatic hydroxyl groups is 1. The lowest BCUT2D eigenvalue weighted by molar-refractivity contribution is -0.385. The fraction of sp³-hybridized carbons (Fsp3) is 0. The largest absolute Gasteiger partial charge is 0.872 e. The van der Waals surface area contributed by atoms with E-state index in [2.05, 4.69) is 4.98 Å². The lowest BCUT2D eigenvalue weighted by Gasteiger charge is -2.00. The Bertz CT molecular complexity index is 799. The summed E-state index contributed by atoms with van der Waals surface area (Å²) >= 11 is 0. The topological polar surface area (TPSA) is 170 Å². The third-order valence-corrected chi connectivity index (χ3v) is 2.85. The van der Waals surface area contributed by atoms with Crippen molar-refractivity contribution in [1.82, 2.24) is 0 Å². The Labute approximate surface area is 153 Å². The molecule has 0 fully saturated rings. The number of rotatable bonds is 2. The quantitative estimate of drug-likeness (QED) is 0.512. The highest BCUT2D eigenvalue weighted by Gasteiger charge is 2.01. The minimum Gasteiger partial charge on any atom is -0.872 e. The summed E-state index contributed by atoms with van der Waals surface area (Å²) in [5, 5.41) is 39.2. The molecule has 4 N–H and O–H groups in total. The predicted octanol–water partition coefficient (Wildman–Crippen LogP) is 2.05. The minimum atomic E-state index is -0.542. The van der Waals surface area contributed by atoms with Crippen molar-refractivity contribution < 1.29 is 25.0 Å². The summed E-state index contributed by atoms with van der Waals surface area (Å²) in [6.07, 6.45) is 3.57. The number of nitrogens with one attached hydrogen (secondary N) is 1. The van der Waals surface area contributed by atoms with Gasteiger partial charge in [-0.15, -0.1) is 5.75 Å². The molecule has 3 rings (SSSR count). The van der Waals surface area contributed by atoms with Gasteiger partial charge in [-0.3, -0.25) is 20.2 Å². The summed E-state index contributed by atoms with van der Waals surface area (Å²) in [6, 6.07) is 13.3. The van der Waals surface area contributed by atoms with E-state index in [9.17, 15) is 25.3 Å². The first-order chi connectivity index (χ1) is 12.8. The number of H-pyrrole nitrogens is 1. The number of benzene rings is 2. The van der Waals surface area contributed by atoms with Gasteiger partial charge in [0, 0.05) is 42.1 Å². The number of nitrogen functional groups attached to an aromatic ring is 1. The van der Waals surface area contributed by atoms with Gasteiger partial charge < -0.3 is 15.9 Å². The van der Waals surface area contributed by atoms with Gasteiger partial charge in [0.2, 0.25) is 0 Å². The van der Waals surface area contributed by atoms with Crippen molar-refractivity contribution in [2.45, 2.75) is 0 Å². The predicted molar refractivity (Wildman–Crippen MR) is 94.7 cm³/mol. The molecule has 1 aromatic heterocycles. The molecular weight excluding hydrogens is 356 g/mol. The van der Waals surface area contributed by atoms with Gasteiger partial charge in [-0.25, -0.2) is 4.98 Å². The summed E-state index contributed by atoms with van der Waals surface area (Å²) in [6.45, 7) is 0. The van der Waals surface area contributed by atoms with Gasteiger partial charge in [-0.2, -0.15) is 0 Å². The van der Waals surface area contributed by atoms with Gasteiger partial charge in [0.15, 0.2) is 12.4 Å². The maximum absolute atomic E-state index is 10.4. The number of anilines is 1.